The first-order valence-corrected chi connectivity index (χ1v) is 11.0. The highest BCUT2D eigenvalue weighted by molar-refractivity contribution is 7.14. The van der Waals surface area contributed by atoms with Gasteiger partial charge in [0.1, 0.15) is 6.54 Å². The van der Waals surface area contributed by atoms with Crippen molar-refractivity contribution in [2.45, 2.75) is 26.2 Å². The molecular formula is C23H22N4O3S. The fraction of sp³-hybridized carbons (Fsp3) is 0.217. The number of aryl methyl sites for hydroxylation is 1. The zero-order valence-corrected chi connectivity index (χ0v) is 17.9. The van der Waals surface area contributed by atoms with Crippen LogP contribution in [0.3, 0.4) is 0 Å². The summed E-state index contributed by atoms with van der Waals surface area (Å²) < 4.78 is 0. The molecule has 8 heteroatoms. The molecule has 0 saturated carbocycles. The summed E-state index contributed by atoms with van der Waals surface area (Å²) in [5, 5.41) is 7.89. The Hall–Kier alpha value is -3.52. The van der Waals surface area contributed by atoms with E-state index in [1.54, 1.807) is 24.3 Å². The van der Waals surface area contributed by atoms with Crippen LogP contribution >= 0.6 is 11.3 Å². The van der Waals surface area contributed by atoms with Crippen LogP contribution in [0, 0.1) is 0 Å². The highest BCUT2D eigenvalue weighted by Crippen LogP contribution is 2.29. The van der Waals surface area contributed by atoms with Crippen molar-refractivity contribution in [3.63, 3.8) is 0 Å². The molecule has 7 nitrogen and oxygen atoms in total. The number of fused-ring (bicyclic) bond motifs is 1. The number of aromatic nitrogens is 1. The summed E-state index contributed by atoms with van der Waals surface area (Å²) >= 11 is 1.34. The Balaban J connectivity index is 1.34. The van der Waals surface area contributed by atoms with Crippen LogP contribution in [0.2, 0.25) is 0 Å². The lowest BCUT2D eigenvalue weighted by molar-refractivity contribution is -0.124. The van der Waals surface area contributed by atoms with Gasteiger partial charge in [0.15, 0.2) is 5.13 Å². The van der Waals surface area contributed by atoms with Crippen LogP contribution in [0.15, 0.2) is 53.9 Å². The van der Waals surface area contributed by atoms with Gasteiger partial charge >= 0.3 is 0 Å². The maximum Gasteiger partial charge on any atom is 0.244 e. The van der Waals surface area contributed by atoms with E-state index in [2.05, 4.69) is 34.7 Å². The number of anilines is 3. The fourth-order valence-corrected chi connectivity index (χ4v) is 4.10. The third-order valence-corrected chi connectivity index (χ3v) is 5.80. The van der Waals surface area contributed by atoms with Crippen molar-refractivity contribution in [3.05, 3.63) is 59.5 Å². The van der Waals surface area contributed by atoms with E-state index < -0.39 is 0 Å². The second kappa shape index (κ2) is 9.09. The summed E-state index contributed by atoms with van der Waals surface area (Å²) in [6, 6.07) is 15.3. The van der Waals surface area contributed by atoms with E-state index in [4.69, 9.17) is 0 Å². The molecule has 3 aromatic rings. The summed E-state index contributed by atoms with van der Waals surface area (Å²) in [6.07, 6.45) is 0.994. The Morgan fingerprint density at radius 2 is 1.90 bits per heavy atom. The summed E-state index contributed by atoms with van der Waals surface area (Å²) in [5.41, 5.74) is 4.29. The Morgan fingerprint density at radius 3 is 2.68 bits per heavy atom. The Morgan fingerprint density at radius 1 is 1.13 bits per heavy atom. The second-order valence-corrected chi connectivity index (χ2v) is 8.04. The molecule has 2 aromatic carbocycles. The summed E-state index contributed by atoms with van der Waals surface area (Å²) in [4.78, 5) is 42.8. The molecule has 2 heterocycles. The average Bonchev–Trinajstić information content (AvgIpc) is 3.25. The van der Waals surface area contributed by atoms with Gasteiger partial charge in [0.25, 0.3) is 0 Å². The van der Waals surface area contributed by atoms with E-state index in [9.17, 15) is 14.4 Å². The van der Waals surface area contributed by atoms with Crippen molar-refractivity contribution in [2.75, 3.05) is 22.1 Å². The van der Waals surface area contributed by atoms with E-state index in [0.29, 0.717) is 16.5 Å². The molecule has 0 unspecified atom stereocenters. The lowest BCUT2D eigenvalue weighted by Crippen LogP contribution is -2.42. The van der Waals surface area contributed by atoms with Crippen LogP contribution in [0.1, 0.15) is 25.3 Å². The summed E-state index contributed by atoms with van der Waals surface area (Å²) in [5.74, 6) is -0.808. The highest BCUT2D eigenvalue weighted by Gasteiger charge is 2.26. The third-order valence-electron chi connectivity index (χ3n) is 5.05. The minimum absolute atomic E-state index is 0.00413. The average molecular weight is 435 g/mol. The molecule has 4 rings (SSSR count). The first-order chi connectivity index (χ1) is 15.0. The predicted molar refractivity (Wildman–Crippen MR) is 122 cm³/mol. The maximum atomic E-state index is 12.7. The number of hydrogen-bond acceptors (Lipinski definition) is 5. The van der Waals surface area contributed by atoms with Crippen molar-refractivity contribution in [3.8, 4) is 11.3 Å². The van der Waals surface area contributed by atoms with Gasteiger partial charge < -0.3 is 15.5 Å². The number of thiazole rings is 1. The molecule has 0 aliphatic carbocycles. The molecule has 0 spiro atoms. The van der Waals surface area contributed by atoms with Gasteiger partial charge in [-0.25, -0.2) is 4.98 Å². The van der Waals surface area contributed by atoms with Crippen LogP contribution in [0.5, 0.6) is 0 Å². The molecule has 0 saturated heterocycles. The smallest absolute Gasteiger partial charge is 0.244 e. The number of benzene rings is 2. The predicted octanol–water partition coefficient (Wildman–Crippen LogP) is 4.08. The van der Waals surface area contributed by atoms with Crippen LogP contribution in [-0.4, -0.2) is 29.3 Å². The quantitative estimate of drug-likeness (QED) is 0.612. The van der Waals surface area contributed by atoms with Gasteiger partial charge in [-0.15, -0.1) is 11.3 Å². The van der Waals surface area contributed by atoms with Crippen molar-refractivity contribution in [2.24, 2.45) is 0 Å². The van der Waals surface area contributed by atoms with Gasteiger partial charge in [0.05, 0.1) is 17.1 Å². The minimum Gasteiger partial charge on any atom is -0.323 e. The van der Waals surface area contributed by atoms with Crippen molar-refractivity contribution in [1.29, 1.82) is 0 Å². The van der Waals surface area contributed by atoms with Gasteiger partial charge in [0.2, 0.25) is 17.7 Å². The highest BCUT2D eigenvalue weighted by atomic mass is 32.1. The lowest BCUT2D eigenvalue weighted by atomic mass is 10.1. The van der Waals surface area contributed by atoms with Crippen molar-refractivity contribution < 1.29 is 14.4 Å². The summed E-state index contributed by atoms with van der Waals surface area (Å²) in [6.45, 7) is 2.05. The van der Waals surface area contributed by atoms with Crippen LogP contribution in [-0.2, 0) is 20.8 Å². The number of amides is 3. The molecular weight excluding hydrogens is 412 g/mol. The standard InChI is InChI=1S/C23H22N4O3S/c1-2-15-7-9-16(10-8-15)18-14-31-23(25-18)26-20(28)11-12-22(30)27-13-21(29)24-17-5-3-4-6-19(17)27/h3-10,14H,2,11-13H2,1H3,(H,24,29)(H,25,26,28). The van der Waals surface area contributed by atoms with Crippen LogP contribution in [0.4, 0.5) is 16.5 Å². The first-order valence-electron chi connectivity index (χ1n) is 10.1. The molecule has 158 valence electrons. The molecule has 0 bridgehead atoms. The SMILES string of the molecule is CCc1ccc(-c2csc(NC(=O)CCC(=O)N3CC(=O)Nc4ccccc43)n2)cc1. The van der Waals surface area contributed by atoms with E-state index in [1.807, 2.05) is 17.5 Å². The topological polar surface area (TPSA) is 91.4 Å². The zero-order valence-electron chi connectivity index (χ0n) is 17.1. The lowest BCUT2D eigenvalue weighted by Gasteiger charge is -2.29. The number of para-hydroxylation sites is 2. The van der Waals surface area contributed by atoms with Crippen LogP contribution in [0.25, 0.3) is 11.3 Å². The van der Waals surface area contributed by atoms with Gasteiger partial charge in [-0.1, -0.05) is 43.3 Å². The van der Waals surface area contributed by atoms with Crippen LogP contribution < -0.4 is 15.5 Å². The molecule has 0 fully saturated rings. The number of rotatable bonds is 6. The summed E-state index contributed by atoms with van der Waals surface area (Å²) in [7, 11) is 0. The van der Waals surface area contributed by atoms with Crippen molar-refractivity contribution >= 4 is 45.6 Å². The first kappa shape index (κ1) is 20.7. The van der Waals surface area contributed by atoms with E-state index >= 15 is 0 Å². The van der Waals surface area contributed by atoms with Gasteiger partial charge in [-0.3, -0.25) is 14.4 Å². The number of nitrogens with one attached hydrogen (secondary N) is 2. The van der Waals surface area contributed by atoms with Gasteiger partial charge in [-0.2, -0.15) is 0 Å². The third kappa shape index (κ3) is 4.80. The van der Waals surface area contributed by atoms with E-state index in [0.717, 1.165) is 17.7 Å². The fourth-order valence-electron chi connectivity index (χ4n) is 3.37. The molecule has 0 radical (unpaired) electrons. The number of hydrogen-bond donors (Lipinski definition) is 2. The Kier molecular flexibility index (Phi) is 6.08. The zero-order chi connectivity index (χ0) is 21.8. The monoisotopic (exact) mass is 434 g/mol. The minimum atomic E-state index is -0.287. The molecule has 31 heavy (non-hydrogen) atoms. The molecule has 1 aliphatic heterocycles. The van der Waals surface area contributed by atoms with Crippen molar-refractivity contribution in [1.82, 2.24) is 4.98 Å². The second-order valence-electron chi connectivity index (χ2n) is 7.18. The maximum absolute atomic E-state index is 12.7. The van der Waals surface area contributed by atoms with Gasteiger partial charge in [0, 0.05) is 23.8 Å². The number of carbonyl (C=O) groups is 3. The Labute approximate surface area is 184 Å². The largest absolute Gasteiger partial charge is 0.323 e. The molecule has 1 aliphatic rings. The Bertz CT molecular complexity index is 1120. The number of nitrogens with zero attached hydrogens (tertiary/aromatic N) is 2. The molecule has 3 amide bonds. The van der Waals surface area contributed by atoms with E-state index in [-0.39, 0.29) is 37.1 Å². The molecule has 2 N–H and O–H groups in total. The van der Waals surface area contributed by atoms with E-state index in [1.165, 1.54) is 21.8 Å². The normalized spacial score (nSPS) is 12.8. The molecule has 1 aromatic heterocycles. The molecule has 0 atom stereocenters. The number of carbonyl (C=O) groups excluding carboxylic acids is 3. The van der Waals surface area contributed by atoms with Gasteiger partial charge in [-0.05, 0) is 24.1 Å².